The third-order valence-corrected chi connectivity index (χ3v) is 8.13. The number of halogens is 5. The van der Waals surface area contributed by atoms with Gasteiger partial charge in [-0.15, -0.1) is 0 Å². The van der Waals surface area contributed by atoms with Gasteiger partial charge in [0.05, 0.1) is 37.4 Å². The second-order valence-corrected chi connectivity index (χ2v) is 10.9. The third kappa shape index (κ3) is 6.62. The summed E-state index contributed by atoms with van der Waals surface area (Å²) in [6, 6.07) is 16.9. The van der Waals surface area contributed by atoms with Crippen LogP contribution in [-0.2, 0) is 12.7 Å². The Morgan fingerprint density at radius 3 is 2.39 bits per heavy atom. The number of hydrogen-bond acceptors (Lipinski definition) is 5. The summed E-state index contributed by atoms with van der Waals surface area (Å²) in [5.74, 6) is 0.833. The molecule has 3 aromatic carbocycles. The molecule has 5 rings (SSSR count). The van der Waals surface area contributed by atoms with Crippen LogP contribution in [0.5, 0.6) is 11.5 Å². The van der Waals surface area contributed by atoms with Crippen molar-refractivity contribution in [3.8, 4) is 22.6 Å². The quantitative estimate of drug-likeness (QED) is 0.178. The predicted molar refractivity (Wildman–Crippen MR) is 157 cm³/mol. The first-order valence-corrected chi connectivity index (χ1v) is 14.1. The molecule has 11 heteroatoms. The van der Waals surface area contributed by atoms with Gasteiger partial charge in [0.25, 0.3) is 12.3 Å². The van der Waals surface area contributed by atoms with Crippen LogP contribution in [0.4, 0.5) is 22.0 Å². The lowest BCUT2D eigenvalue weighted by Gasteiger charge is -2.46. The fraction of sp³-hybridized carbons (Fsp3) is 0.333. The van der Waals surface area contributed by atoms with Gasteiger partial charge in [0.1, 0.15) is 11.5 Å². The molecule has 1 amide bonds. The van der Waals surface area contributed by atoms with Crippen LogP contribution in [0.2, 0.25) is 0 Å². The molecule has 1 aliphatic heterocycles. The molecule has 6 nitrogen and oxygen atoms in total. The van der Waals surface area contributed by atoms with Crippen molar-refractivity contribution in [2.75, 3.05) is 33.9 Å². The van der Waals surface area contributed by atoms with Crippen LogP contribution in [0, 0.1) is 5.92 Å². The Hall–Kier alpha value is -4.25. The largest absolute Gasteiger partial charge is 0.497 e. The van der Waals surface area contributed by atoms with Gasteiger partial charge in [-0.2, -0.15) is 13.2 Å². The van der Waals surface area contributed by atoms with E-state index in [1.165, 1.54) is 25.4 Å². The van der Waals surface area contributed by atoms with Gasteiger partial charge in [0.2, 0.25) is 0 Å². The van der Waals surface area contributed by atoms with Crippen molar-refractivity contribution in [1.29, 1.82) is 0 Å². The fourth-order valence-electron chi connectivity index (χ4n) is 5.60. The highest BCUT2D eigenvalue weighted by Crippen LogP contribution is 2.34. The van der Waals surface area contributed by atoms with Crippen LogP contribution in [-0.4, -0.2) is 67.0 Å². The number of alkyl halides is 5. The van der Waals surface area contributed by atoms with E-state index in [0.29, 0.717) is 52.2 Å². The highest BCUT2D eigenvalue weighted by molar-refractivity contribution is 6.00. The minimum absolute atomic E-state index is 0.0124. The first-order valence-electron chi connectivity index (χ1n) is 14.1. The maximum atomic E-state index is 14.1. The Morgan fingerprint density at radius 1 is 1.02 bits per heavy atom. The molecule has 1 saturated heterocycles. The van der Waals surface area contributed by atoms with E-state index in [1.54, 1.807) is 53.3 Å². The lowest BCUT2D eigenvalue weighted by atomic mass is 9.90. The number of likely N-dealkylation sites (tertiary alicyclic amines) is 1. The number of carbonyl (C=O) groups excluding carboxylic acids is 1. The zero-order valence-corrected chi connectivity index (χ0v) is 24.4. The molecule has 2 heterocycles. The second-order valence-electron chi connectivity index (χ2n) is 10.9. The number of carbonyl (C=O) groups is 1. The van der Waals surface area contributed by atoms with Gasteiger partial charge in [-0.25, -0.2) is 8.78 Å². The summed E-state index contributed by atoms with van der Waals surface area (Å²) in [5.41, 5.74) is 2.07. The van der Waals surface area contributed by atoms with Gasteiger partial charge in [-0.3, -0.25) is 14.7 Å². The number of ether oxygens (including phenoxy) is 2. The summed E-state index contributed by atoms with van der Waals surface area (Å²) in [6.45, 7) is 2.69. The Kier molecular flexibility index (Phi) is 9.05. The molecular formula is C33H32F5N3O3. The van der Waals surface area contributed by atoms with Crippen molar-refractivity contribution in [2.45, 2.75) is 32.1 Å². The molecule has 0 radical (unpaired) electrons. The molecule has 1 aliphatic rings. The van der Waals surface area contributed by atoms with Crippen molar-refractivity contribution in [2.24, 2.45) is 5.92 Å². The first-order chi connectivity index (χ1) is 21.0. The minimum atomic E-state index is -4.44. The normalized spacial score (nSPS) is 14.8. The Balaban J connectivity index is 1.46. The van der Waals surface area contributed by atoms with Gasteiger partial charge in [-0.05, 0) is 42.8 Å². The molecular weight excluding hydrogens is 581 g/mol. The molecule has 0 bridgehead atoms. The lowest BCUT2D eigenvalue weighted by Crippen LogP contribution is -2.57. The zero-order chi connectivity index (χ0) is 31.6. The molecule has 0 spiro atoms. The molecule has 4 aromatic rings. The van der Waals surface area contributed by atoms with Crippen molar-refractivity contribution >= 4 is 16.8 Å². The van der Waals surface area contributed by atoms with Crippen LogP contribution in [0.15, 0.2) is 72.9 Å². The summed E-state index contributed by atoms with van der Waals surface area (Å²) in [5, 5.41) is 0.648. The maximum absolute atomic E-state index is 14.1. The number of pyridine rings is 1. The highest BCUT2D eigenvalue weighted by Gasteiger charge is 2.37. The van der Waals surface area contributed by atoms with E-state index in [0.717, 1.165) is 17.7 Å². The molecule has 0 aliphatic carbocycles. The highest BCUT2D eigenvalue weighted by atomic mass is 19.4. The summed E-state index contributed by atoms with van der Waals surface area (Å²) in [4.78, 5) is 22.1. The van der Waals surface area contributed by atoms with Crippen molar-refractivity contribution in [3.05, 3.63) is 89.6 Å². The summed E-state index contributed by atoms with van der Waals surface area (Å²) < 4.78 is 76.0. The second kappa shape index (κ2) is 12.8. The maximum Gasteiger partial charge on any atom is 0.416 e. The number of hydrogen-bond donors (Lipinski definition) is 0. The molecule has 0 saturated carbocycles. The Morgan fingerprint density at radius 2 is 1.75 bits per heavy atom. The molecule has 232 valence electrons. The van der Waals surface area contributed by atoms with Crippen LogP contribution in [0.1, 0.15) is 28.4 Å². The van der Waals surface area contributed by atoms with Crippen molar-refractivity contribution < 1.29 is 36.2 Å². The number of para-hydroxylation sites is 1. The Labute approximate surface area is 252 Å². The number of rotatable bonds is 10. The van der Waals surface area contributed by atoms with Gasteiger partial charge in [0, 0.05) is 60.4 Å². The standard InChI is InChI=1S/C33H32F5N3O3/c1-20(25-16-40(17-25)19-30(34)35)41(18-23-9-12-27(43-2)14-29(23)44-3)32(42)24-13-22-5-4-6-28(31(22)39-15-24)21-7-10-26(11-8-21)33(36,37)38/h4-15,20,25,30H,16-19H2,1-3H3/t20-/m1/s1. The molecule has 0 N–H and O–H groups in total. The summed E-state index contributed by atoms with van der Waals surface area (Å²) in [7, 11) is 3.08. The van der Waals surface area contributed by atoms with E-state index >= 15 is 0 Å². The number of benzene rings is 3. The summed E-state index contributed by atoms with van der Waals surface area (Å²) >= 11 is 0. The summed E-state index contributed by atoms with van der Waals surface area (Å²) in [6.07, 6.45) is -5.40. The first kappa shape index (κ1) is 31.2. The number of methoxy groups -OCH3 is 2. The molecule has 1 aromatic heterocycles. The average molecular weight is 614 g/mol. The average Bonchev–Trinajstić information content (AvgIpc) is 2.99. The SMILES string of the molecule is COc1ccc(CN(C(=O)c2cnc3c(-c4ccc(C(F)(F)F)cc4)cccc3c2)[C@H](C)C2CN(CC(F)F)C2)c(OC)c1. The van der Waals surface area contributed by atoms with Crippen molar-refractivity contribution in [1.82, 2.24) is 14.8 Å². The van der Waals surface area contributed by atoms with Crippen LogP contribution >= 0.6 is 0 Å². The fourth-order valence-corrected chi connectivity index (χ4v) is 5.60. The number of aromatic nitrogens is 1. The minimum Gasteiger partial charge on any atom is -0.497 e. The molecule has 0 unspecified atom stereocenters. The monoisotopic (exact) mass is 613 g/mol. The van der Waals surface area contributed by atoms with Gasteiger partial charge < -0.3 is 14.4 Å². The topological polar surface area (TPSA) is 54.9 Å². The van der Waals surface area contributed by atoms with Gasteiger partial charge in [-0.1, -0.05) is 30.3 Å². The van der Waals surface area contributed by atoms with E-state index in [2.05, 4.69) is 4.98 Å². The smallest absolute Gasteiger partial charge is 0.416 e. The van der Waals surface area contributed by atoms with E-state index in [-0.39, 0.29) is 31.0 Å². The lowest BCUT2D eigenvalue weighted by molar-refractivity contribution is -0.137. The van der Waals surface area contributed by atoms with E-state index < -0.39 is 18.2 Å². The number of nitrogens with zero attached hydrogens (tertiary/aromatic N) is 3. The molecule has 1 fully saturated rings. The van der Waals surface area contributed by atoms with Gasteiger partial charge >= 0.3 is 6.18 Å². The van der Waals surface area contributed by atoms with E-state index in [4.69, 9.17) is 9.47 Å². The predicted octanol–water partition coefficient (Wildman–Crippen LogP) is 7.17. The van der Waals surface area contributed by atoms with Crippen molar-refractivity contribution in [3.63, 3.8) is 0 Å². The number of amides is 1. The van der Waals surface area contributed by atoms with Crippen LogP contribution < -0.4 is 9.47 Å². The number of fused-ring (bicyclic) bond motifs is 1. The third-order valence-electron chi connectivity index (χ3n) is 8.13. The van der Waals surface area contributed by atoms with Crippen LogP contribution in [0.25, 0.3) is 22.0 Å². The Bertz CT molecular complexity index is 1620. The molecule has 44 heavy (non-hydrogen) atoms. The van der Waals surface area contributed by atoms with E-state index in [9.17, 15) is 26.7 Å². The van der Waals surface area contributed by atoms with E-state index in [1.807, 2.05) is 13.0 Å². The zero-order valence-electron chi connectivity index (χ0n) is 24.4. The molecule has 1 atom stereocenters. The van der Waals surface area contributed by atoms with Gasteiger partial charge in [0.15, 0.2) is 0 Å². The van der Waals surface area contributed by atoms with Crippen LogP contribution in [0.3, 0.4) is 0 Å².